The maximum absolute atomic E-state index is 13.6. The Bertz CT molecular complexity index is 744. The first-order valence-corrected chi connectivity index (χ1v) is 17.2. The highest BCUT2D eigenvalue weighted by atomic mass is 28.4. The van der Waals surface area contributed by atoms with Gasteiger partial charge in [0.1, 0.15) is 11.3 Å². The van der Waals surface area contributed by atoms with Gasteiger partial charge in [-0.1, -0.05) is 75.3 Å². The number of amides is 1. The van der Waals surface area contributed by atoms with Crippen LogP contribution in [0.5, 0.6) is 0 Å². The van der Waals surface area contributed by atoms with Gasteiger partial charge < -0.3 is 13.9 Å². The molecule has 0 aromatic heterocycles. The van der Waals surface area contributed by atoms with Gasteiger partial charge >= 0.3 is 6.09 Å². The summed E-state index contributed by atoms with van der Waals surface area (Å²) in [6.07, 6.45) is 4.26. The second kappa shape index (κ2) is 13.2. The molecule has 1 rings (SSSR count). The largest absolute Gasteiger partial charge is 0.444 e. The lowest BCUT2D eigenvalue weighted by atomic mass is 9.79. The minimum absolute atomic E-state index is 0.0421. The second-order valence-corrected chi connectivity index (χ2v) is 20.6. The van der Waals surface area contributed by atoms with Gasteiger partial charge in [0.25, 0.3) is 0 Å². The van der Waals surface area contributed by atoms with Gasteiger partial charge in [0.2, 0.25) is 0 Å². The molecule has 1 fully saturated rings. The fraction of sp³-hybridized carbons (Fsp3) is 0.906. The van der Waals surface area contributed by atoms with Crippen LogP contribution in [0.4, 0.5) is 4.79 Å². The average molecular weight is 554 g/mol. The van der Waals surface area contributed by atoms with Crippen molar-refractivity contribution < 1.29 is 18.7 Å². The third-order valence-electron chi connectivity index (χ3n) is 8.63. The lowest BCUT2D eigenvalue weighted by Crippen LogP contribution is -2.51. The SMILES string of the molecule is C=C[C@H](C[C@@H]1OC(C)(C)N(C(=O)OC(C)(C)C)[C@H]1CC(C)(C)CCO[Si](C(C)C)(C(C)C)C(C)C)C(C)C. The predicted molar refractivity (Wildman–Crippen MR) is 164 cm³/mol. The van der Waals surface area contributed by atoms with Crippen LogP contribution in [0.1, 0.15) is 123 Å². The van der Waals surface area contributed by atoms with E-state index in [1.54, 1.807) is 0 Å². The van der Waals surface area contributed by atoms with E-state index >= 15 is 0 Å². The van der Waals surface area contributed by atoms with Crippen molar-refractivity contribution in [2.24, 2.45) is 17.3 Å². The lowest BCUT2D eigenvalue weighted by Gasteiger charge is -2.43. The molecule has 3 atom stereocenters. The van der Waals surface area contributed by atoms with E-state index in [1.807, 2.05) is 45.6 Å². The number of hydrogen-bond donors (Lipinski definition) is 0. The van der Waals surface area contributed by atoms with Gasteiger partial charge in [-0.3, -0.25) is 4.90 Å². The van der Waals surface area contributed by atoms with E-state index in [2.05, 4.69) is 75.8 Å². The van der Waals surface area contributed by atoms with E-state index in [1.165, 1.54) is 0 Å². The molecule has 6 heteroatoms. The molecule has 1 saturated heterocycles. The van der Waals surface area contributed by atoms with E-state index in [-0.39, 0.29) is 23.7 Å². The van der Waals surface area contributed by atoms with Crippen molar-refractivity contribution in [3.63, 3.8) is 0 Å². The first kappa shape index (κ1) is 35.2. The highest BCUT2D eigenvalue weighted by molar-refractivity contribution is 6.77. The van der Waals surface area contributed by atoms with E-state index in [0.717, 1.165) is 25.9 Å². The monoisotopic (exact) mass is 553 g/mol. The Labute approximate surface area is 237 Å². The molecule has 0 aromatic rings. The Balaban J connectivity index is 3.26. The summed E-state index contributed by atoms with van der Waals surface area (Å²) in [6, 6.07) is -0.0849. The van der Waals surface area contributed by atoms with Crippen molar-refractivity contribution in [1.29, 1.82) is 0 Å². The molecule has 1 aliphatic heterocycles. The third-order valence-corrected chi connectivity index (χ3v) is 14.8. The molecule has 224 valence electrons. The Hall–Kier alpha value is -0.853. The van der Waals surface area contributed by atoms with Crippen LogP contribution in [0.3, 0.4) is 0 Å². The van der Waals surface area contributed by atoms with Gasteiger partial charge in [0.05, 0.1) is 12.1 Å². The number of ether oxygens (including phenoxy) is 2. The molecule has 1 aliphatic rings. The van der Waals surface area contributed by atoms with Crippen LogP contribution in [0.15, 0.2) is 12.7 Å². The molecule has 0 radical (unpaired) electrons. The molecular weight excluding hydrogens is 490 g/mol. The van der Waals surface area contributed by atoms with Gasteiger partial charge in [-0.15, -0.1) is 6.58 Å². The number of carbonyl (C=O) groups is 1. The van der Waals surface area contributed by atoms with Crippen LogP contribution in [0.25, 0.3) is 0 Å². The molecule has 5 nitrogen and oxygen atoms in total. The first-order valence-electron chi connectivity index (χ1n) is 15.1. The van der Waals surface area contributed by atoms with Crippen molar-refractivity contribution in [2.45, 2.75) is 163 Å². The van der Waals surface area contributed by atoms with Crippen LogP contribution >= 0.6 is 0 Å². The van der Waals surface area contributed by atoms with Crippen LogP contribution in [0, 0.1) is 17.3 Å². The fourth-order valence-electron chi connectivity index (χ4n) is 6.75. The zero-order chi connectivity index (χ0) is 29.9. The molecule has 1 amide bonds. The Morgan fingerprint density at radius 3 is 1.89 bits per heavy atom. The first-order chi connectivity index (χ1) is 17.1. The fourth-order valence-corrected chi connectivity index (χ4v) is 12.2. The van der Waals surface area contributed by atoms with Crippen LogP contribution in [-0.4, -0.2) is 49.4 Å². The lowest BCUT2D eigenvalue weighted by molar-refractivity contribution is -0.0820. The Morgan fingerprint density at radius 1 is 1.00 bits per heavy atom. The Morgan fingerprint density at radius 2 is 1.50 bits per heavy atom. The van der Waals surface area contributed by atoms with E-state index in [0.29, 0.717) is 28.5 Å². The summed E-state index contributed by atoms with van der Waals surface area (Å²) in [6.45, 7) is 37.7. The second-order valence-electron chi connectivity index (χ2n) is 15.2. The summed E-state index contributed by atoms with van der Waals surface area (Å²) in [4.78, 5) is 15.4. The molecule has 0 N–H and O–H groups in total. The number of allylic oxidation sites excluding steroid dienone is 1. The molecule has 38 heavy (non-hydrogen) atoms. The summed E-state index contributed by atoms with van der Waals surface area (Å²) in [5, 5.41) is 0. The normalized spacial score (nSPS) is 21.6. The molecule has 0 bridgehead atoms. The van der Waals surface area contributed by atoms with Crippen molar-refractivity contribution in [3.8, 4) is 0 Å². The van der Waals surface area contributed by atoms with Crippen molar-refractivity contribution in [2.75, 3.05) is 6.61 Å². The van der Waals surface area contributed by atoms with Crippen molar-refractivity contribution in [1.82, 2.24) is 4.90 Å². The smallest absolute Gasteiger partial charge is 0.412 e. The zero-order valence-corrected chi connectivity index (χ0v) is 28.7. The van der Waals surface area contributed by atoms with E-state index in [9.17, 15) is 4.79 Å². The minimum Gasteiger partial charge on any atom is -0.444 e. The van der Waals surface area contributed by atoms with Gasteiger partial charge in [-0.05, 0) is 87.8 Å². The van der Waals surface area contributed by atoms with E-state index < -0.39 is 19.6 Å². The molecular formula is C32H63NO4Si. The summed E-state index contributed by atoms with van der Waals surface area (Å²) in [5.74, 6) is 0.774. The van der Waals surface area contributed by atoms with Crippen LogP contribution in [-0.2, 0) is 13.9 Å². The highest BCUT2D eigenvalue weighted by Gasteiger charge is 2.53. The Kier molecular flexibility index (Phi) is 12.2. The number of rotatable bonds is 13. The van der Waals surface area contributed by atoms with Crippen LogP contribution in [0.2, 0.25) is 16.6 Å². The zero-order valence-electron chi connectivity index (χ0n) is 27.7. The summed E-state index contributed by atoms with van der Waals surface area (Å²) in [5.41, 5.74) is 0.330. The maximum atomic E-state index is 13.6. The summed E-state index contributed by atoms with van der Waals surface area (Å²) < 4.78 is 19.5. The quantitative estimate of drug-likeness (QED) is 0.168. The average Bonchev–Trinajstić information content (AvgIpc) is 2.95. The highest BCUT2D eigenvalue weighted by Crippen LogP contribution is 2.45. The minimum atomic E-state index is -1.93. The molecule has 0 unspecified atom stereocenters. The maximum Gasteiger partial charge on any atom is 0.412 e. The van der Waals surface area contributed by atoms with Gasteiger partial charge in [0.15, 0.2) is 8.32 Å². The van der Waals surface area contributed by atoms with Gasteiger partial charge in [-0.2, -0.15) is 0 Å². The van der Waals surface area contributed by atoms with Crippen molar-refractivity contribution in [3.05, 3.63) is 12.7 Å². The molecule has 0 aromatic carbocycles. The summed E-state index contributed by atoms with van der Waals surface area (Å²) >= 11 is 0. The molecule has 0 aliphatic carbocycles. The number of carbonyl (C=O) groups excluding carboxylic acids is 1. The molecule has 0 spiro atoms. The molecule has 0 saturated carbocycles. The summed E-state index contributed by atoms with van der Waals surface area (Å²) in [7, 11) is -1.93. The number of nitrogens with zero attached hydrogens (tertiary/aromatic N) is 1. The van der Waals surface area contributed by atoms with Gasteiger partial charge in [-0.25, -0.2) is 4.79 Å². The standard InChI is InChI=1S/C32H63NO4Si/c1-17-26(22(2)3)20-28-27(33(32(15,16)36-28)29(34)37-30(10,11)12)21-31(13,14)18-19-35-38(23(4)5,24(6)7)25(8)9/h17,22-28H,1,18-21H2,2-16H3/t26-,27+,28+/m1/s1. The molecule has 1 heterocycles. The predicted octanol–water partition coefficient (Wildman–Crippen LogP) is 9.57. The van der Waals surface area contributed by atoms with Crippen molar-refractivity contribution >= 4 is 14.4 Å². The van der Waals surface area contributed by atoms with E-state index in [4.69, 9.17) is 13.9 Å². The third kappa shape index (κ3) is 8.82. The number of hydrogen-bond acceptors (Lipinski definition) is 4. The van der Waals surface area contributed by atoms with Gasteiger partial charge in [0, 0.05) is 6.61 Å². The van der Waals surface area contributed by atoms with Crippen LogP contribution < -0.4 is 0 Å². The topological polar surface area (TPSA) is 48.0 Å².